The highest BCUT2D eigenvalue weighted by Crippen LogP contribution is 2.55. The highest BCUT2D eigenvalue weighted by molar-refractivity contribution is 5.88. The van der Waals surface area contributed by atoms with Gasteiger partial charge in [0.05, 0.1) is 43.0 Å². The van der Waals surface area contributed by atoms with E-state index in [4.69, 9.17) is 28.6 Å². The number of H-pyrrole nitrogens is 2. The second-order valence-corrected chi connectivity index (χ2v) is 17.8. The number of fused-ring (bicyclic) bond motifs is 3. The first kappa shape index (κ1) is 37.5. The van der Waals surface area contributed by atoms with Crippen LogP contribution in [0.4, 0.5) is 4.79 Å². The van der Waals surface area contributed by atoms with Crippen LogP contribution in [0.1, 0.15) is 81.5 Å². The minimum atomic E-state index is -0.673. The van der Waals surface area contributed by atoms with Crippen LogP contribution in [0.5, 0.6) is 0 Å². The first-order chi connectivity index (χ1) is 29.4. The van der Waals surface area contributed by atoms with Crippen LogP contribution < -0.4 is 5.32 Å². The van der Waals surface area contributed by atoms with E-state index in [9.17, 15) is 14.4 Å². The van der Waals surface area contributed by atoms with E-state index in [1.54, 1.807) is 0 Å². The first-order valence-corrected chi connectivity index (χ1v) is 21.8. The third kappa shape index (κ3) is 6.96. The van der Waals surface area contributed by atoms with Gasteiger partial charge in [-0.1, -0.05) is 24.3 Å². The van der Waals surface area contributed by atoms with Crippen molar-refractivity contribution in [1.29, 1.82) is 0 Å². The van der Waals surface area contributed by atoms with E-state index in [0.717, 1.165) is 108 Å². The summed E-state index contributed by atoms with van der Waals surface area (Å²) in [5, 5.41) is 3.83. The maximum Gasteiger partial charge on any atom is 0.407 e. The summed E-state index contributed by atoms with van der Waals surface area (Å²) in [6.45, 7) is 2.65. The summed E-state index contributed by atoms with van der Waals surface area (Å²) in [6.07, 6.45) is 11.0. The summed E-state index contributed by atoms with van der Waals surface area (Å²) in [7, 11) is 1.32. The molecule has 4 aliphatic heterocycles. The van der Waals surface area contributed by atoms with Gasteiger partial charge in [0.15, 0.2) is 0 Å². The first-order valence-electron chi connectivity index (χ1n) is 21.8. The maximum absolute atomic E-state index is 14.2. The molecule has 6 aliphatic rings. The SMILES string of the molecule is COC(=O)N[C@H](C(=O)N1[C@@H]2C[C@@H]2C[C@H]1c1ncc(-c2ccc3oc(-c4ccc(-c5cnc([C@@H]6C[C@H]7C[C@H]7N6C(=O)CC6CCOCC6)[nH]5)cc4)cc3c2)[nH]1)C1CCOCC1. The van der Waals surface area contributed by atoms with Gasteiger partial charge < -0.3 is 43.7 Å². The summed E-state index contributed by atoms with van der Waals surface area (Å²) >= 11 is 0. The number of alkyl carbamates (subject to hydrolysis) is 1. The van der Waals surface area contributed by atoms with Gasteiger partial charge in [-0.25, -0.2) is 14.8 Å². The van der Waals surface area contributed by atoms with Gasteiger partial charge in [-0.3, -0.25) is 9.59 Å². The fourth-order valence-electron chi connectivity index (χ4n) is 10.6. The molecule has 4 saturated heterocycles. The zero-order chi connectivity index (χ0) is 40.5. The lowest BCUT2D eigenvalue weighted by Crippen LogP contribution is -2.54. The molecule has 3 amide bonds. The maximum atomic E-state index is 14.2. The number of benzene rings is 2. The van der Waals surface area contributed by atoms with Gasteiger partial charge in [0.25, 0.3) is 0 Å². The number of amides is 3. The second-order valence-electron chi connectivity index (χ2n) is 17.8. The number of carbonyl (C=O) groups is 3. The molecule has 14 nitrogen and oxygen atoms in total. The van der Waals surface area contributed by atoms with E-state index < -0.39 is 12.1 Å². The molecule has 0 radical (unpaired) electrons. The molecule has 2 saturated carbocycles. The summed E-state index contributed by atoms with van der Waals surface area (Å²) < 4.78 is 22.3. The average molecular weight is 814 g/mol. The van der Waals surface area contributed by atoms with Crippen LogP contribution in [0.3, 0.4) is 0 Å². The average Bonchev–Trinajstić information content (AvgIpc) is 3.76. The van der Waals surface area contributed by atoms with E-state index in [0.29, 0.717) is 56.3 Å². The van der Waals surface area contributed by atoms with Crippen molar-refractivity contribution in [2.75, 3.05) is 33.5 Å². The Morgan fingerprint density at radius 2 is 1.37 bits per heavy atom. The number of hydrogen-bond acceptors (Lipinski definition) is 9. The summed E-state index contributed by atoms with van der Waals surface area (Å²) in [5.41, 5.74) is 5.53. The van der Waals surface area contributed by atoms with Crippen molar-refractivity contribution in [2.24, 2.45) is 23.7 Å². The number of piperidine rings is 2. The molecule has 7 heterocycles. The number of hydrogen-bond donors (Lipinski definition) is 3. The predicted octanol–water partition coefficient (Wildman–Crippen LogP) is 7.17. The number of ether oxygens (including phenoxy) is 3. The topological polar surface area (TPSA) is 168 Å². The number of methoxy groups -OCH3 is 1. The van der Waals surface area contributed by atoms with Gasteiger partial charge in [-0.15, -0.1) is 0 Å². The molecule has 5 aromatic rings. The van der Waals surface area contributed by atoms with Crippen LogP contribution in [-0.4, -0.2) is 99.3 Å². The Morgan fingerprint density at radius 3 is 2.05 bits per heavy atom. The van der Waals surface area contributed by atoms with Crippen LogP contribution in [0.25, 0.3) is 44.8 Å². The molecule has 6 fully saturated rings. The third-order valence-electron chi connectivity index (χ3n) is 14.1. The van der Waals surface area contributed by atoms with Crippen LogP contribution in [0.2, 0.25) is 0 Å². The van der Waals surface area contributed by atoms with Crippen molar-refractivity contribution in [3.63, 3.8) is 0 Å². The molecular formula is C46H51N7O7. The van der Waals surface area contributed by atoms with Gasteiger partial charge in [0, 0.05) is 61.4 Å². The van der Waals surface area contributed by atoms with Gasteiger partial charge in [0.2, 0.25) is 11.8 Å². The standard InChI is InChI=1S/C46H51N7O7/c1-57-46(56)51-42(28-10-14-59-15-11-28)45(55)53-36-19-31(36)21-38(53)44-48-24-34(50-44)29-6-7-39-32(17-29)22-40(60-39)27-4-2-26(3-5-27)33-23-47-43(49-33)37-20-30-18-35(30)52(37)41(54)16-25-8-12-58-13-9-25/h2-7,17,22-25,28,30-31,35-38,42H,8-16,18-21H2,1H3,(H,47,49)(H,48,50)(H,51,56)/t30-,31-,35-,36-,37+,38+,42+/m1/s1. The smallest absolute Gasteiger partial charge is 0.407 e. The number of furan rings is 1. The van der Waals surface area contributed by atoms with Crippen LogP contribution in [0, 0.1) is 23.7 Å². The Balaban J connectivity index is 0.774. The minimum absolute atomic E-state index is 0.00635. The van der Waals surface area contributed by atoms with E-state index in [1.807, 2.05) is 29.4 Å². The molecule has 11 rings (SSSR count). The number of aromatic nitrogens is 4. The lowest BCUT2D eigenvalue weighted by molar-refractivity contribution is -0.138. The molecule has 3 N–H and O–H groups in total. The lowest BCUT2D eigenvalue weighted by atomic mass is 9.90. The van der Waals surface area contributed by atoms with E-state index in [-0.39, 0.29) is 35.9 Å². The van der Waals surface area contributed by atoms with Crippen LogP contribution in [0.15, 0.2) is 65.3 Å². The zero-order valence-corrected chi connectivity index (χ0v) is 33.8. The fourth-order valence-corrected chi connectivity index (χ4v) is 10.6. The van der Waals surface area contributed by atoms with Gasteiger partial charge >= 0.3 is 6.09 Å². The molecule has 2 aromatic carbocycles. The Hall–Kier alpha value is -5.47. The number of rotatable bonds is 10. The molecule has 0 unspecified atom stereocenters. The van der Waals surface area contributed by atoms with Crippen LogP contribution >= 0.6 is 0 Å². The Kier molecular flexibility index (Phi) is 9.52. The normalized spacial score (nSPS) is 26.8. The third-order valence-corrected chi connectivity index (χ3v) is 14.1. The van der Waals surface area contributed by atoms with Gasteiger partial charge in [-0.2, -0.15) is 0 Å². The molecule has 60 heavy (non-hydrogen) atoms. The molecule has 0 bridgehead atoms. The number of imidazole rings is 2. The van der Waals surface area contributed by atoms with Crippen molar-refractivity contribution in [3.8, 4) is 33.8 Å². The van der Waals surface area contributed by atoms with E-state index in [1.165, 1.54) is 7.11 Å². The van der Waals surface area contributed by atoms with E-state index in [2.05, 4.69) is 56.6 Å². The van der Waals surface area contributed by atoms with Crippen LogP contribution in [-0.2, 0) is 23.8 Å². The molecule has 7 atom stereocenters. The highest BCUT2D eigenvalue weighted by atomic mass is 16.5. The van der Waals surface area contributed by atoms with Crippen molar-refractivity contribution in [1.82, 2.24) is 35.1 Å². The van der Waals surface area contributed by atoms with Gasteiger partial charge in [0.1, 0.15) is 29.0 Å². The largest absolute Gasteiger partial charge is 0.456 e. The predicted molar refractivity (Wildman–Crippen MR) is 220 cm³/mol. The molecule has 0 spiro atoms. The van der Waals surface area contributed by atoms with E-state index >= 15 is 0 Å². The van der Waals surface area contributed by atoms with Crippen molar-refractivity contribution < 1.29 is 33.0 Å². The number of carbonyl (C=O) groups excluding carboxylic acids is 3. The molecular weight excluding hydrogens is 763 g/mol. The monoisotopic (exact) mass is 813 g/mol. The Bertz CT molecular complexity index is 2410. The molecule has 14 heteroatoms. The quantitative estimate of drug-likeness (QED) is 0.132. The Labute approximate surface area is 347 Å². The summed E-state index contributed by atoms with van der Waals surface area (Å²) in [5.74, 6) is 4.00. The molecule has 3 aromatic heterocycles. The lowest BCUT2D eigenvalue weighted by Gasteiger charge is -2.35. The summed E-state index contributed by atoms with van der Waals surface area (Å²) in [6, 6.07) is 16.1. The number of nitrogens with one attached hydrogen (secondary N) is 3. The Morgan fingerprint density at radius 1 is 0.767 bits per heavy atom. The molecule has 2 aliphatic carbocycles. The van der Waals surface area contributed by atoms with Crippen molar-refractivity contribution in [2.45, 2.75) is 88.0 Å². The number of nitrogens with zero attached hydrogens (tertiary/aromatic N) is 4. The zero-order valence-electron chi connectivity index (χ0n) is 33.8. The second kappa shape index (κ2) is 15.2. The fraction of sp³-hybridized carbons (Fsp3) is 0.500. The highest BCUT2D eigenvalue weighted by Gasteiger charge is 2.57. The molecule has 312 valence electrons. The number of likely N-dealkylation sites (tertiary alicyclic amines) is 2. The van der Waals surface area contributed by atoms with Crippen molar-refractivity contribution in [3.05, 3.63) is 72.6 Å². The van der Waals surface area contributed by atoms with Gasteiger partial charge in [-0.05, 0) is 105 Å². The minimum Gasteiger partial charge on any atom is -0.456 e. The van der Waals surface area contributed by atoms with Crippen molar-refractivity contribution >= 4 is 28.9 Å². The number of aromatic amines is 2. The summed E-state index contributed by atoms with van der Waals surface area (Å²) in [4.78, 5) is 60.9.